The monoisotopic (exact) mass is 280 g/mol. The molecule has 0 amide bonds. The van der Waals surface area contributed by atoms with Gasteiger partial charge in [-0.1, -0.05) is 6.07 Å². The molecule has 112 valence electrons. The molecule has 1 unspecified atom stereocenters. The van der Waals surface area contributed by atoms with Crippen molar-refractivity contribution in [3.8, 4) is 0 Å². The first kappa shape index (κ1) is 15.3. The molecule has 0 bridgehead atoms. The Hall–Kier alpha value is -1.13. The van der Waals surface area contributed by atoms with Crippen molar-refractivity contribution in [3.05, 3.63) is 29.6 Å². The molecular weight excluding hydrogens is 255 g/mol. The van der Waals surface area contributed by atoms with Crippen molar-refractivity contribution < 1.29 is 9.13 Å². The van der Waals surface area contributed by atoms with Gasteiger partial charge in [-0.25, -0.2) is 4.39 Å². The molecular formula is C16H25FN2O. The predicted molar refractivity (Wildman–Crippen MR) is 80.6 cm³/mol. The Morgan fingerprint density at radius 1 is 1.40 bits per heavy atom. The molecule has 1 aromatic carbocycles. The molecule has 0 aliphatic carbocycles. The summed E-state index contributed by atoms with van der Waals surface area (Å²) in [5.74, 6) is -0.146. The van der Waals surface area contributed by atoms with E-state index in [0.717, 1.165) is 18.7 Å². The number of ether oxygens (including phenoxy) is 1. The molecule has 0 aromatic heterocycles. The SMILES string of the molecule is CC1CN(c2ccc(CNC(C)(C)C)cc2F)CCO1. The highest BCUT2D eigenvalue weighted by atomic mass is 19.1. The van der Waals surface area contributed by atoms with Crippen LogP contribution >= 0.6 is 0 Å². The number of morpholine rings is 1. The van der Waals surface area contributed by atoms with Crippen molar-refractivity contribution in [1.29, 1.82) is 0 Å². The molecule has 1 heterocycles. The number of hydrogen-bond donors (Lipinski definition) is 1. The Bertz CT molecular complexity index is 456. The molecule has 1 aliphatic rings. The third-order valence-electron chi connectivity index (χ3n) is 3.42. The standard InChI is InChI=1S/C16H25FN2O/c1-12-11-19(7-8-20-12)15-6-5-13(9-14(15)17)10-18-16(2,3)4/h5-6,9,12,18H,7-8,10-11H2,1-4H3. The van der Waals surface area contributed by atoms with E-state index < -0.39 is 0 Å². The summed E-state index contributed by atoms with van der Waals surface area (Å²) in [6, 6.07) is 5.51. The zero-order valence-electron chi connectivity index (χ0n) is 12.9. The highest BCUT2D eigenvalue weighted by Crippen LogP contribution is 2.23. The summed E-state index contributed by atoms with van der Waals surface area (Å²) in [5, 5.41) is 3.37. The number of rotatable bonds is 3. The van der Waals surface area contributed by atoms with Crippen molar-refractivity contribution in [2.45, 2.75) is 45.9 Å². The van der Waals surface area contributed by atoms with Gasteiger partial charge in [0.15, 0.2) is 0 Å². The number of anilines is 1. The lowest BCUT2D eigenvalue weighted by Gasteiger charge is -2.33. The minimum absolute atomic E-state index is 0.0365. The lowest BCUT2D eigenvalue weighted by Crippen LogP contribution is -2.41. The van der Waals surface area contributed by atoms with Crippen LogP contribution in [0.15, 0.2) is 18.2 Å². The number of halogens is 1. The fraction of sp³-hybridized carbons (Fsp3) is 0.625. The second-order valence-corrected chi connectivity index (χ2v) is 6.52. The van der Waals surface area contributed by atoms with Gasteiger partial charge in [0, 0.05) is 25.2 Å². The van der Waals surface area contributed by atoms with Crippen LogP contribution in [-0.2, 0) is 11.3 Å². The second kappa shape index (κ2) is 6.10. The maximum atomic E-state index is 14.3. The zero-order chi connectivity index (χ0) is 14.8. The Kier molecular flexibility index (Phi) is 4.66. The van der Waals surface area contributed by atoms with Crippen LogP contribution in [0.25, 0.3) is 0 Å². The van der Waals surface area contributed by atoms with Gasteiger partial charge in [-0.3, -0.25) is 0 Å². The van der Waals surface area contributed by atoms with E-state index in [1.807, 2.05) is 19.1 Å². The van der Waals surface area contributed by atoms with E-state index in [1.165, 1.54) is 0 Å². The van der Waals surface area contributed by atoms with Gasteiger partial charge >= 0.3 is 0 Å². The van der Waals surface area contributed by atoms with Crippen LogP contribution in [0.3, 0.4) is 0 Å². The van der Waals surface area contributed by atoms with E-state index in [9.17, 15) is 4.39 Å². The molecule has 3 nitrogen and oxygen atoms in total. The largest absolute Gasteiger partial charge is 0.375 e. The van der Waals surface area contributed by atoms with Crippen LogP contribution < -0.4 is 10.2 Å². The van der Waals surface area contributed by atoms with E-state index in [2.05, 4.69) is 31.0 Å². The van der Waals surface area contributed by atoms with Crippen LogP contribution in [0, 0.1) is 5.82 Å². The fourth-order valence-corrected chi connectivity index (χ4v) is 2.32. The van der Waals surface area contributed by atoms with Gasteiger partial charge in [0.1, 0.15) is 5.82 Å². The molecule has 0 saturated carbocycles. The molecule has 0 spiro atoms. The van der Waals surface area contributed by atoms with Gasteiger partial charge in [0.2, 0.25) is 0 Å². The molecule has 0 radical (unpaired) electrons. The van der Waals surface area contributed by atoms with Gasteiger partial charge < -0.3 is 15.0 Å². The molecule has 2 rings (SSSR count). The summed E-state index contributed by atoms with van der Waals surface area (Å²) >= 11 is 0. The van der Waals surface area contributed by atoms with E-state index >= 15 is 0 Å². The summed E-state index contributed by atoms with van der Waals surface area (Å²) in [5.41, 5.74) is 1.69. The second-order valence-electron chi connectivity index (χ2n) is 6.52. The highest BCUT2D eigenvalue weighted by Gasteiger charge is 2.19. The number of nitrogens with zero attached hydrogens (tertiary/aromatic N) is 1. The fourth-order valence-electron chi connectivity index (χ4n) is 2.32. The zero-order valence-corrected chi connectivity index (χ0v) is 12.9. The third-order valence-corrected chi connectivity index (χ3v) is 3.42. The van der Waals surface area contributed by atoms with Gasteiger partial charge in [-0.2, -0.15) is 0 Å². The predicted octanol–water partition coefficient (Wildman–Crippen LogP) is 2.94. The first-order valence-electron chi connectivity index (χ1n) is 7.25. The average Bonchev–Trinajstić information content (AvgIpc) is 2.35. The first-order valence-corrected chi connectivity index (χ1v) is 7.25. The topological polar surface area (TPSA) is 24.5 Å². The Balaban J connectivity index is 2.05. The average molecular weight is 280 g/mol. The van der Waals surface area contributed by atoms with Gasteiger partial charge in [-0.05, 0) is 45.4 Å². The smallest absolute Gasteiger partial charge is 0.146 e. The molecule has 1 fully saturated rings. The third kappa shape index (κ3) is 4.18. The Morgan fingerprint density at radius 2 is 2.15 bits per heavy atom. The summed E-state index contributed by atoms with van der Waals surface area (Å²) < 4.78 is 19.8. The number of benzene rings is 1. The quantitative estimate of drug-likeness (QED) is 0.921. The molecule has 1 N–H and O–H groups in total. The minimum atomic E-state index is -0.146. The maximum absolute atomic E-state index is 14.3. The number of nitrogens with one attached hydrogen (secondary N) is 1. The summed E-state index contributed by atoms with van der Waals surface area (Å²) in [6.45, 7) is 11.2. The molecule has 1 aliphatic heterocycles. The first-order chi connectivity index (χ1) is 9.35. The van der Waals surface area contributed by atoms with E-state index in [0.29, 0.717) is 18.8 Å². The van der Waals surface area contributed by atoms with Gasteiger partial charge in [-0.15, -0.1) is 0 Å². The van der Waals surface area contributed by atoms with Crippen LogP contribution in [0.1, 0.15) is 33.3 Å². The van der Waals surface area contributed by atoms with Crippen molar-refractivity contribution in [2.75, 3.05) is 24.6 Å². The normalized spacial score (nSPS) is 20.2. The highest BCUT2D eigenvalue weighted by molar-refractivity contribution is 5.49. The Labute approximate surface area is 121 Å². The molecule has 4 heteroatoms. The van der Waals surface area contributed by atoms with Crippen molar-refractivity contribution in [1.82, 2.24) is 5.32 Å². The maximum Gasteiger partial charge on any atom is 0.146 e. The van der Waals surface area contributed by atoms with Crippen LogP contribution in [0.2, 0.25) is 0 Å². The van der Waals surface area contributed by atoms with Crippen molar-refractivity contribution in [3.63, 3.8) is 0 Å². The van der Waals surface area contributed by atoms with Crippen LogP contribution in [0.5, 0.6) is 0 Å². The van der Waals surface area contributed by atoms with E-state index in [4.69, 9.17) is 4.74 Å². The summed E-state index contributed by atoms with van der Waals surface area (Å²) in [7, 11) is 0. The minimum Gasteiger partial charge on any atom is -0.375 e. The Morgan fingerprint density at radius 3 is 2.75 bits per heavy atom. The molecule has 1 aromatic rings. The van der Waals surface area contributed by atoms with Crippen LogP contribution in [-0.4, -0.2) is 31.3 Å². The summed E-state index contributed by atoms with van der Waals surface area (Å²) in [4.78, 5) is 2.06. The molecule has 20 heavy (non-hydrogen) atoms. The summed E-state index contributed by atoms with van der Waals surface area (Å²) in [6.07, 6.45) is 0.158. The van der Waals surface area contributed by atoms with Crippen molar-refractivity contribution in [2.24, 2.45) is 0 Å². The lowest BCUT2D eigenvalue weighted by molar-refractivity contribution is 0.0530. The lowest BCUT2D eigenvalue weighted by atomic mass is 10.1. The van der Waals surface area contributed by atoms with Gasteiger partial charge in [0.05, 0.1) is 18.4 Å². The van der Waals surface area contributed by atoms with Gasteiger partial charge in [0.25, 0.3) is 0 Å². The molecule has 1 saturated heterocycles. The van der Waals surface area contributed by atoms with Crippen LogP contribution in [0.4, 0.5) is 10.1 Å². The van der Waals surface area contributed by atoms with E-state index in [-0.39, 0.29) is 17.5 Å². The van der Waals surface area contributed by atoms with E-state index in [1.54, 1.807) is 6.07 Å². The molecule has 1 atom stereocenters. The van der Waals surface area contributed by atoms with Crippen molar-refractivity contribution >= 4 is 5.69 Å². The number of hydrogen-bond acceptors (Lipinski definition) is 3.